The van der Waals surface area contributed by atoms with Crippen molar-refractivity contribution >= 4 is 28.2 Å². The summed E-state index contributed by atoms with van der Waals surface area (Å²) in [5.41, 5.74) is 2.62. The van der Waals surface area contributed by atoms with Gasteiger partial charge in [-0.3, -0.25) is 0 Å². The van der Waals surface area contributed by atoms with Gasteiger partial charge in [0.25, 0.3) is 0 Å². The highest BCUT2D eigenvalue weighted by atomic mass is 16.5. The van der Waals surface area contributed by atoms with Crippen molar-refractivity contribution < 1.29 is 14.3 Å². The summed E-state index contributed by atoms with van der Waals surface area (Å²) in [6.07, 6.45) is 7.72. The van der Waals surface area contributed by atoms with E-state index in [0.717, 1.165) is 47.8 Å². The van der Waals surface area contributed by atoms with E-state index >= 15 is 0 Å². The number of aromatic amines is 1. The SMILES string of the molecule is COCCNC(=O)OCc1nc2cnc3[nH]ccc3c2n1C1CCC(CC#N)CC1. The molecule has 0 atom stereocenters. The number of alkyl carbamates (subject to hydrolysis) is 1. The van der Waals surface area contributed by atoms with Crippen molar-refractivity contribution in [1.29, 1.82) is 5.26 Å². The molecule has 3 aromatic heterocycles. The fourth-order valence-corrected chi connectivity index (χ4v) is 4.31. The molecule has 9 heteroatoms. The lowest BCUT2D eigenvalue weighted by Gasteiger charge is -2.29. The van der Waals surface area contributed by atoms with Crippen LogP contribution in [0.2, 0.25) is 0 Å². The molecule has 0 saturated heterocycles. The number of nitrogens with one attached hydrogen (secondary N) is 2. The average molecular weight is 410 g/mol. The first-order valence-corrected chi connectivity index (χ1v) is 10.3. The van der Waals surface area contributed by atoms with Gasteiger partial charge >= 0.3 is 6.09 Å². The minimum Gasteiger partial charge on any atom is -0.441 e. The zero-order valence-electron chi connectivity index (χ0n) is 17.1. The highest BCUT2D eigenvalue weighted by molar-refractivity contribution is 6.01. The van der Waals surface area contributed by atoms with E-state index in [1.165, 1.54) is 0 Å². The molecule has 1 aliphatic carbocycles. The molecule has 158 valence electrons. The Kier molecular flexibility index (Phi) is 6.14. The Morgan fingerprint density at radius 3 is 3.00 bits per heavy atom. The summed E-state index contributed by atoms with van der Waals surface area (Å²) in [6.45, 7) is 0.900. The van der Waals surface area contributed by atoms with E-state index in [1.807, 2.05) is 12.3 Å². The molecular formula is C21H26N6O3. The number of methoxy groups -OCH3 is 1. The second-order valence-corrected chi connectivity index (χ2v) is 7.66. The van der Waals surface area contributed by atoms with E-state index in [0.29, 0.717) is 31.3 Å². The van der Waals surface area contributed by atoms with Crippen LogP contribution in [0.1, 0.15) is 44.0 Å². The van der Waals surface area contributed by atoms with Gasteiger partial charge in [0, 0.05) is 37.7 Å². The number of nitrogens with zero attached hydrogens (tertiary/aromatic N) is 4. The summed E-state index contributed by atoms with van der Waals surface area (Å²) in [5.74, 6) is 1.17. The van der Waals surface area contributed by atoms with Gasteiger partial charge in [0.15, 0.2) is 6.61 Å². The number of nitriles is 1. The Bertz CT molecular complexity index is 1060. The number of ether oxygens (including phenoxy) is 2. The largest absolute Gasteiger partial charge is 0.441 e. The summed E-state index contributed by atoms with van der Waals surface area (Å²) in [7, 11) is 1.58. The number of hydrogen-bond acceptors (Lipinski definition) is 6. The first-order chi connectivity index (χ1) is 14.7. The van der Waals surface area contributed by atoms with Crippen LogP contribution in [0.25, 0.3) is 22.1 Å². The number of amides is 1. The maximum absolute atomic E-state index is 12.0. The smallest absolute Gasteiger partial charge is 0.407 e. The molecular weight excluding hydrogens is 384 g/mol. The minimum absolute atomic E-state index is 0.0809. The second kappa shape index (κ2) is 9.13. The third kappa shape index (κ3) is 4.09. The van der Waals surface area contributed by atoms with Crippen molar-refractivity contribution in [2.75, 3.05) is 20.3 Å². The molecule has 2 N–H and O–H groups in total. The zero-order valence-corrected chi connectivity index (χ0v) is 17.1. The predicted octanol–water partition coefficient (Wildman–Crippen LogP) is 3.43. The van der Waals surface area contributed by atoms with Crippen LogP contribution >= 0.6 is 0 Å². The zero-order chi connectivity index (χ0) is 20.9. The van der Waals surface area contributed by atoms with E-state index in [1.54, 1.807) is 13.3 Å². The molecule has 0 radical (unpaired) electrons. The third-order valence-electron chi connectivity index (χ3n) is 5.78. The maximum Gasteiger partial charge on any atom is 0.407 e. The normalized spacial score (nSPS) is 19.1. The highest BCUT2D eigenvalue weighted by Gasteiger charge is 2.27. The predicted molar refractivity (Wildman–Crippen MR) is 111 cm³/mol. The van der Waals surface area contributed by atoms with Gasteiger partial charge in [-0.15, -0.1) is 0 Å². The number of carbonyl (C=O) groups is 1. The van der Waals surface area contributed by atoms with Crippen molar-refractivity contribution in [3.8, 4) is 6.07 Å². The van der Waals surface area contributed by atoms with E-state index in [-0.39, 0.29) is 12.6 Å². The molecule has 0 bridgehead atoms. The first kappa shape index (κ1) is 20.2. The number of pyridine rings is 1. The Morgan fingerprint density at radius 2 is 2.23 bits per heavy atom. The number of H-pyrrole nitrogens is 1. The third-order valence-corrected chi connectivity index (χ3v) is 5.78. The van der Waals surface area contributed by atoms with Crippen LogP contribution in [0.5, 0.6) is 0 Å². The first-order valence-electron chi connectivity index (χ1n) is 10.3. The molecule has 1 aliphatic rings. The summed E-state index contributed by atoms with van der Waals surface area (Å²) in [6, 6.07) is 4.55. The molecule has 0 spiro atoms. The van der Waals surface area contributed by atoms with Crippen LogP contribution in [0.4, 0.5) is 4.79 Å². The Labute approximate surface area is 174 Å². The number of hydrogen-bond donors (Lipinski definition) is 2. The van der Waals surface area contributed by atoms with Crippen LogP contribution < -0.4 is 5.32 Å². The number of carbonyl (C=O) groups excluding carboxylic acids is 1. The summed E-state index contributed by atoms with van der Waals surface area (Å²) in [5, 5.41) is 12.7. The van der Waals surface area contributed by atoms with Gasteiger partial charge in [0.05, 0.1) is 24.4 Å². The van der Waals surface area contributed by atoms with Gasteiger partial charge < -0.3 is 24.3 Å². The van der Waals surface area contributed by atoms with Crippen LogP contribution in [0.3, 0.4) is 0 Å². The quantitative estimate of drug-likeness (QED) is 0.576. The fourth-order valence-electron chi connectivity index (χ4n) is 4.31. The molecule has 0 unspecified atom stereocenters. The van der Waals surface area contributed by atoms with Crippen molar-refractivity contribution in [3.05, 3.63) is 24.3 Å². The van der Waals surface area contributed by atoms with Crippen LogP contribution in [0.15, 0.2) is 18.5 Å². The van der Waals surface area contributed by atoms with E-state index in [2.05, 4.69) is 25.9 Å². The van der Waals surface area contributed by atoms with Crippen LogP contribution in [-0.2, 0) is 16.1 Å². The molecule has 1 amide bonds. The number of imidazole rings is 1. The molecule has 30 heavy (non-hydrogen) atoms. The van der Waals surface area contributed by atoms with Gasteiger partial charge in [0.1, 0.15) is 17.0 Å². The minimum atomic E-state index is -0.492. The number of aromatic nitrogens is 4. The Hall–Kier alpha value is -3.12. The van der Waals surface area contributed by atoms with Crippen molar-refractivity contribution in [3.63, 3.8) is 0 Å². The van der Waals surface area contributed by atoms with Gasteiger partial charge in [-0.2, -0.15) is 5.26 Å². The Morgan fingerprint density at radius 1 is 1.40 bits per heavy atom. The van der Waals surface area contributed by atoms with Gasteiger partial charge in [-0.05, 0) is 37.7 Å². The van der Waals surface area contributed by atoms with Crippen LogP contribution in [0, 0.1) is 17.2 Å². The van der Waals surface area contributed by atoms with Gasteiger partial charge in [-0.1, -0.05) is 0 Å². The number of rotatable bonds is 7. The van der Waals surface area contributed by atoms with Gasteiger partial charge in [0.2, 0.25) is 0 Å². The lowest BCUT2D eigenvalue weighted by atomic mass is 9.84. The standard InChI is InChI=1S/C21H26N6O3/c1-29-11-10-24-21(28)30-13-18-26-17-12-25-20-16(7-9-23-20)19(17)27(18)15-4-2-14(3-5-15)6-8-22/h7,9,12,14-15H,2-6,10-11,13H2,1H3,(H,23,25)(H,24,28). The number of fused-ring (bicyclic) bond motifs is 3. The van der Waals surface area contributed by atoms with Crippen molar-refractivity contribution in [1.82, 2.24) is 24.8 Å². The van der Waals surface area contributed by atoms with Gasteiger partial charge in [-0.25, -0.2) is 14.8 Å². The molecule has 0 aliphatic heterocycles. The van der Waals surface area contributed by atoms with E-state index in [4.69, 9.17) is 19.7 Å². The molecule has 3 heterocycles. The molecule has 1 saturated carbocycles. The molecule has 1 fully saturated rings. The highest BCUT2D eigenvalue weighted by Crippen LogP contribution is 2.38. The fraction of sp³-hybridized carbons (Fsp3) is 0.524. The monoisotopic (exact) mass is 410 g/mol. The Balaban J connectivity index is 1.62. The van der Waals surface area contributed by atoms with E-state index in [9.17, 15) is 4.79 Å². The molecule has 9 nitrogen and oxygen atoms in total. The molecule has 4 rings (SSSR count). The lowest BCUT2D eigenvalue weighted by Crippen LogP contribution is -2.28. The topological polar surface area (TPSA) is 118 Å². The average Bonchev–Trinajstić information content (AvgIpc) is 3.37. The molecule has 0 aromatic carbocycles. The van der Waals surface area contributed by atoms with Crippen LogP contribution in [-0.4, -0.2) is 45.9 Å². The summed E-state index contributed by atoms with van der Waals surface area (Å²) < 4.78 is 12.6. The van der Waals surface area contributed by atoms with Crippen molar-refractivity contribution in [2.24, 2.45) is 5.92 Å². The van der Waals surface area contributed by atoms with E-state index < -0.39 is 6.09 Å². The molecule has 3 aromatic rings. The second-order valence-electron chi connectivity index (χ2n) is 7.66. The van der Waals surface area contributed by atoms with Crippen molar-refractivity contribution in [2.45, 2.75) is 44.8 Å². The summed E-state index contributed by atoms with van der Waals surface area (Å²) in [4.78, 5) is 24.4. The summed E-state index contributed by atoms with van der Waals surface area (Å²) >= 11 is 0. The maximum atomic E-state index is 12.0. The lowest BCUT2D eigenvalue weighted by molar-refractivity contribution is 0.128.